The molecule has 0 amide bonds. The minimum Gasteiger partial charge on any atom is -0.256 e. The molecule has 1 aliphatic rings. The molecule has 0 atom stereocenters. The van der Waals surface area contributed by atoms with Gasteiger partial charge in [0, 0.05) is 17.1 Å². The molecule has 0 N–H and O–H groups in total. The van der Waals surface area contributed by atoms with Crippen LogP contribution in [-0.2, 0) is 5.41 Å². The van der Waals surface area contributed by atoms with E-state index >= 15 is 0 Å². The zero-order valence-corrected chi connectivity index (χ0v) is 17.2. The van der Waals surface area contributed by atoms with Crippen LogP contribution in [0.5, 0.6) is 0 Å². The summed E-state index contributed by atoms with van der Waals surface area (Å²) >= 11 is 0. The lowest BCUT2D eigenvalue weighted by Gasteiger charge is -2.22. The highest BCUT2D eigenvalue weighted by molar-refractivity contribution is 5.86. The Balaban J connectivity index is 1.71. The molecule has 0 aliphatic heterocycles. The first-order valence-corrected chi connectivity index (χ1v) is 10.4. The van der Waals surface area contributed by atoms with Gasteiger partial charge in [-0.15, -0.1) is 0 Å². The monoisotopic (exact) mass is 357 g/mol. The fraction of sp³-hybridized carbons (Fsp3) is 0.423. The highest BCUT2D eigenvalue weighted by atomic mass is 14.7. The fourth-order valence-corrected chi connectivity index (χ4v) is 4.37. The molecule has 4 rings (SSSR count). The molecular formula is C26H31N. The molecule has 1 heterocycles. The summed E-state index contributed by atoms with van der Waals surface area (Å²) in [6.07, 6.45) is 8.91. The Morgan fingerprint density at radius 3 is 2.37 bits per heavy atom. The van der Waals surface area contributed by atoms with Crippen molar-refractivity contribution in [1.29, 1.82) is 0 Å². The standard InChI is InChI=1S/C26H31N/c1-18-12-22(15-24(13-18)26(2,3)4)25-16-21-11-10-20(14-23(21)17-27-25)19-8-6-5-7-9-19/h10-17,19H,5-9H2,1-4H3. The van der Waals surface area contributed by atoms with Gasteiger partial charge in [-0.3, -0.25) is 4.98 Å². The predicted octanol–water partition coefficient (Wildman–Crippen LogP) is 7.56. The van der Waals surface area contributed by atoms with E-state index < -0.39 is 0 Å². The van der Waals surface area contributed by atoms with E-state index in [0.29, 0.717) is 0 Å². The van der Waals surface area contributed by atoms with Gasteiger partial charge < -0.3 is 0 Å². The lowest BCUT2D eigenvalue weighted by molar-refractivity contribution is 0.444. The van der Waals surface area contributed by atoms with E-state index in [0.717, 1.165) is 11.6 Å². The molecule has 0 spiro atoms. The van der Waals surface area contributed by atoms with Crippen molar-refractivity contribution in [3.05, 3.63) is 65.4 Å². The third-order valence-corrected chi connectivity index (χ3v) is 6.06. The number of fused-ring (bicyclic) bond motifs is 1. The molecule has 1 aromatic heterocycles. The first-order valence-electron chi connectivity index (χ1n) is 10.4. The molecule has 0 unspecified atom stereocenters. The van der Waals surface area contributed by atoms with E-state index in [1.807, 2.05) is 0 Å². The molecule has 1 saturated carbocycles. The Morgan fingerprint density at radius 1 is 0.852 bits per heavy atom. The molecule has 1 fully saturated rings. The number of nitrogens with zero attached hydrogens (tertiary/aromatic N) is 1. The Kier molecular flexibility index (Phi) is 4.80. The highest BCUT2D eigenvalue weighted by Gasteiger charge is 2.17. The summed E-state index contributed by atoms with van der Waals surface area (Å²) in [6.45, 7) is 8.99. The van der Waals surface area contributed by atoms with Gasteiger partial charge in [0.25, 0.3) is 0 Å². The molecule has 0 saturated heterocycles. The summed E-state index contributed by atoms with van der Waals surface area (Å²) < 4.78 is 0. The molecule has 0 radical (unpaired) electrons. The van der Waals surface area contributed by atoms with Crippen molar-refractivity contribution < 1.29 is 0 Å². The lowest BCUT2D eigenvalue weighted by Crippen LogP contribution is -2.11. The Hall–Kier alpha value is -2.15. The summed E-state index contributed by atoms with van der Waals surface area (Å²) in [4.78, 5) is 4.83. The molecule has 1 aliphatic carbocycles. The molecule has 27 heavy (non-hydrogen) atoms. The number of rotatable bonds is 2. The van der Waals surface area contributed by atoms with Crippen LogP contribution in [0, 0.1) is 6.92 Å². The average molecular weight is 358 g/mol. The predicted molar refractivity (Wildman–Crippen MR) is 116 cm³/mol. The van der Waals surface area contributed by atoms with Gasteiger partial charge in [-0.2, -0.15) is 0 Å². The van der Waals surface area contributed by atoms with Crippen molar-refractivity contribution in [3.8, 4) is 11.3 Å². The summed E-state index contributed by atoms with van der Waals surface area (Å²) in [5.41, 5.74) is 6.61. The summed E-state index contributed by atoms with van der Waals surface area (Å²) in [5, 5.41) is 2.56. The Bertz CT molecular complexity index is 956. The molecule has 140 valence electrons. The van der Waals surface area contributed by atoms with Crippen LogP contribution in [0.3, 0.4) is 0 Å². The van der Waals surface area contributed by atoms with Crippen LogP contribution in [0.2, 0.25) is 0 Å². The van der Waals surface area contributed by atoms with Gasteiger partial charge in [0.05, 0.1) is 5.69 Å². The number of hydrogen-bond acceptors (Lipinski definition) is 1. The van der Waals surface area contributed by atoms with E-state index in [2.05, 4.69) is 76.4 Å². The fourth-order valence-electron chi connectivity index (χ4n) is 4.37. The van der Waals surface area contributed by atoms with Crippen molar-refractivity contribution in [1.82, 2.24) is 4.98 Å². The van der Waals surface area contributed by atoms with E-state index in [-0.39, 0.29) is 5.41 Å². The van der Waals surface area contributed by atoms with E-state index in [1.54, 1.807) is 0 Å². The zero-order chi connectivity index (χ0) is 19.0. The largest absolute Gasteiger partial charge is 0.256 e. The minimum atomic E-state index is 0.145. The third-order valence-electron chi connectivity index (χ3n) is 6.06. The van der Waals surface area contributed by atoms with E-state index in [4.69, 9.17) is 4.98 Å². The second-order valence-corrected chi connectivity index (χ2v) is 9.35. The van der Waals surface area contributed by atoms with Crippen LogP contribution in [0.25, 0.3) is 22.0 Å². The second kappa shape index (κ2) is 7.11. The van der Waals surface area contributed by atoms with Crippen molar-refractivity contribution in [3.63, 3.8) is 0 Å². The van der Waals surface area contributed by atoms with Crippen LogP contribution in [0.4, 0.5) is 0 Å². The van der Waals surface area contributed by atoms with Gasteiger partial charge in [-0.25, -0.2) is 0 Å². The highest BCUT2D eigenvalue weighted by Crippen LogP contribution is 2.35. The molecule has 1 nitrogen and oxygen atoms in total. The minimum absolute atomic E-state index is 0.145. The van der Waals surface area contributed by atoms with Crippen LogP contribution in [0.1, 0.15) is 75.5 Å². The maximum absolute atomic E-state index is 4.83. The molecule has 2 aromatic carbocycles. The molecular weight excluding hydrogens is 326 g/mol. The molecule has 0 bridgehead atoms. The number of pyridine rings is 1. The molecule has 3 aromatic rings. The average Bonchev–Trinajstić information content (AvgIpc) is 2.66. The summed E-state index contributed by atoms with van der Waals surface area (Å²) in [5.74, 6) is 0.744. The first-order chi connectivity index (χ1) is 12.9. The van der Waals surface area contributed by atoms with Crippen molar-refractivity contribution in [2.45, 2.75) is 71.1 Å². The Labute approximate surface area is 163 Å². The summed E-state index contributed by atoms with van der Waals surface area (Å²) in [7, 11) is 0. The van der Waals surface area contributed by atoms with Crippen molar-refractivity contribution >= 4 is 10.8 Å². The van der Waals surface area contributed by atoms with E-state index in [1.165, 1.54) is 65.1 Å². The maximum atomic E-state index is 4.83. The van der Waals surface area contributed by atoms with Gasteiger partial charge in [0.1, 0.15) is 0 Å². The van der Waals surface area contributed by atoms with Crippen LogP contribution in [-0.4, -0.2) is 4.98 Å². The van der Waals surface area contributed by atoms with Gasteiger partial charge in [0.15, 0.2) is 0 Å². The van der Waals surface area contributed by atoms with Crippen LogP contribution in [0.15, 0.2) is 48.7 Å². The molecule has 1 heteroatoms. The van der Waals surface area contributed by atoms with Crippen LogP contribution >= 0.6 is 0 Å². The zero-order valence-electron chi connectivity index (χ0n) is 17.2. The number of aryl methyl sites for hydroxylation is 1. The van der Waals surface area contributed by atoms with Gasteiger partial charge in [-0.05, 0) is 71.9 Å². The maximum Gasteiger partial charge on any atom is 0.0708 e. The smallest absolute Gasteiger partial charge is 0.0708 e. The number of aromatic nitrogens is 1. The summed E-state index contributed by atoms with van der Waals surface area (Å²) in [6, 6.07) is 16.1. The van der Waals surface area contributed by atoms with Gasteiger partial charge in [-0.1, -0.05) is 63.8 Å². The normalized spacial score (nSPS) is 16.0. The second-order valence-electron chi connectivity index (χ2n) is 9.35. The topological polar surface area (TPSA) is 12.9 Å². The quantitative estimate of drug-likeness (QED) is 0.461. The Morgan fingerprint density at radius 2 is 1.63 bits per heavy atom. The van der Waals surface area contributed by atoms with Crippen molar-refractivity contribution in [2.24, 2.45) is 0 Å². The first kappa shape index (κ1) is 18.2. The van der Waals surface area contributed by atoms with Crippen molar-refractivity contribution in [2.75, 3.05) is 0 Å². The van der Waals surface area contributed by atoms with Gasteiger partial charge >= 0.3 is 0 Å². The number of hydrogen-bond donors (Lipinski definition) is 0. The lowest BCUT2D eigenvalue weighted by atomic mass is 9.83. The van der Waals surface area contributed by atoms with Crippen LogP contribution < -0.4 is 0 Å². The number of benzene rings is 2. The third kappa shape index (κ3) is 3.93. The van der Waals surface area contributed by atoms with Gasteiger partial charge in [0.2, 0.25) is 0 Å². The van der Waals surface area contributed by atoms with E-state index in [9.17, 15) is 0 Å². The SMILES string of the molecule is Cc1cc(-c2cc3ccc(C4CCCCC4)cc3cn2)cc(C(C)(C)C)c1.